The highest BCUT2D eigenvalue weighted by molar-refractivity contribution is 6.02. The zero-order valence-electron chi connectivity index (χ0n) is 10.5. The van der Waals surface area contributed by atoms with Crippen molar-refractivity contribution >= 4 is 17.7 Å². The first-order valence-corrected chi connectivity index (χ1v) is 5.86. The van der Waals surface area contributed by atoms with E-state index in [4.69, 9.17) is 0 Å². The summed E-state index contributed by atoms with van der Waals surface area (Å²) in [5.74, 6) is -6.31. The lowest BCUT2D eigenvalue weighted by molar-refractivity contribution is -0.158. The van der Waals surface area contributed by atoms with E-state index in [2.05, 4.69) is 4.74 Å². The van der Waals surface area contributed by atoms with Crippen LogP contribution in [0.3, 0.4) is 0 Å². The summed E-state index contributed by atoms with van der Waals surface area (Å²) in [5.41, 5.74) is 0. The van der Waals surface area contributed by atoms with Crippen molar-refractivity contribution in [2.45, 2.75) is 45.4 Å². The lowest BCUT2D eigenvalue weighted by atomic mass is 10.1. The summed E-state index contributed by atoms with van der Waals surface area (Å²) in [7, 11) is 0. The van der Waals surface area contributed by atoms with Gasteiger partial charge in [0.25, 0.3) is 5.83 Å². The number of halogens is 3. The van der Waals surface area contributed by atoms with Crippen LogP contribution in [0.2, 0.25) is 0 Å². The van der Waals surface area contributed by atoms with Gasteiger partial charge in [-0.15, -0.1) is 0 Å². The number of hydrogen-bond acceptors (Lipinski definition) is 4. The Labute approximate surface area is 108 Å². The third-order valence-corrected chi connectivity index (χ3v) is 2.20. The molecule has 0 rings (SSSR count). The van der Waals surface area contributed by atoms with Crippen molar-refractivity contribution < 1.29 is 32.3 Å². The van der Waals surface area contributed by atoms with Gasteiger partial charge >= 0.3 is 18.0 Å². The number of unbranched alkanes of at least 4 members (excludes halogenated alkanes) is 3. The van der Waals surface area contributed by atoms with Gasteiger partial charge in [0.15, 0.2) is 0 Å². The molecular weight excluding hydrogens is 265 g/mol. The standard InChI is InChI=1S/C12H15F3O4/c1-2-3-4-5-6-8(16)7-9(17)19-12(18)10(13)11(14)15/h2-7H2,1H3. The van der Waals surface area contributed by atoms with E-state index in [0.29, 0.717) is 6.42 Å². The number of rotatable bonds is 8. The van der Waals surface area contributed by atoms with E-state index in [0.717, 1.165) is 19.3 Å². The second-order valence-corrected chi connectivity index (χ2v) is 3.86. The van der Waals surface area contributed by atoms with Crippen LogP contribution in [-0.2, 0) is 19.1 Å². The first-order valence-electron chi connectivity index (χ1n) is 5.86. The Morgan fingerprint density at radius 1 is 1.00 bits per heavy atom. The molecule has 0 unspecified atom stereocenters. The van der Waals surface area contributed by atoms with Gasteiger partial charge in [-0.2, -0.15) is 13.2 Å². The van der Waals surface area contributed by atoms with Crippen LogP contribution in [0.15, 0.2) is 11.9 Å². The number of carbonyl (C=O) groups is 3. The third kappa shape index (κ3) is 8.12. The molecule has 0 fully saturated rings. The van der Waals surface area contributed by atoms with Crippen LogP contribution in [0.1, 0.15) is 45.4 Å². The van der Waals surface area contributed by atoms with Crippen molar-refractivity contribution in [3.05, 3.63) is 11.9 Å². The molecule has 0 aromatic heterocycles. The maximum absolute atomic E-state index is 12.3. The summed E-state index contributed by atoms with van der Waals surface area (Å²) in [6, 6.07) is 0. The summed E-state index contributed by atoms with van der Waals surface area (Å²) < 4.78 is 39.4. The van der Waals surface area contributed by atoms with Crippen molar-refractivity contribution in [3.8, 4) is 0 Å². The third-order valence-electron chi connectivity index (χ3n) is 2.20. The quantitative estimate of drug-likeness (QED) is 0.297. The normalized spacial score (nSPS) is 9.89. The lowest BCUT2D eigenvalue weighted by Gasteiger charge is -2.01. The molecule has 0 radical (unpaired) electrons. The topological polar surface area (TPSA) is 60.4 Å². The Morgan fingerprint density at radius 3 is 2.16 bits per heavy atom. The molecule has 0 aromatic carbocycles. The molecule has 0 aliphatic rings. The van der Waals surface area contributed by atoms with Crippen LogP contribution < -0.4 is 0 Å². The van der Waals surface area contributed by atoms with Gasteiger partial charge in [0.05, 0.1) is 0 Å². The number of Topliss-reactive ketones (excluding diaryl/α,β-unsaturated/α-hetero) is 1. The molecular formula is C12H15F3O4. The van der Waals surface area contributed by atoms with Gasteiger partial charge in [0, 0.05) is 6.42 Å². The molecule has 0 spiro atoms. The minimum Gasteiger partial charge on any atom is -0.387 e. The highest BCUT2D eigenvalue weighted by Gasteiger charge is 2.22. The Bertz CT molecular complexity index is 373. The monoisotopic (exact) mass is 280 g/mol. The van der Waals surface area contributed by atoms with Crippen LogP contribution in [0.5, 0.6) is 0 Å². The van der Waals surface area contributed by atoms with Crippen LogP contribution in [0.4, 0.5) is 13.2 Å². The van der Waals surface area contributed by atoms with Crippen LogP contribution in [-0.4, -0.2) is 17.7 Å². The van der Waals surface area contributed by atoms with E-state index >= 15 is 0 Å². The van der Waals surface area contributed by atoms with Gasteiger partial charge in [0.1, 0.15) is 12.2 Å². The van der Waals surface area contributed by atoms with E-state index < -0.39 is 36.1 Å². The summed E-state index contributed by atoms with van der Waals surface area (Å²) >= 11 is 0. The summed E-state index contributed by atoms with van der Waals surface area (Å²) in [6.07, 6.45) is -0.0728. The van der Waals surface area contributed by atoms with Crippen LogP contribution in [0.25, 0.3) is 0 Å². The van der Waals surface area contributed by atoms with Gasteiger partial charge in [-0.3, -0.25) is 9.59 Å². The van der Waals surface area contributed by atoms with Crippen molar-refractivity contribution in [3.63, 3.8) is 0 Å². The van der Waals surface area contributed by atoms with Gasteiger partial charge in [-0.25, -0.2) is 4.79 Å². The highest BCUT2D eigenvalue weighted by atomic mass is 19.3. The molecule has 0 heterocycles. The van der Waals surface area contributed by atoms with Crippen molar-refractivity contribution in [2.24, 2.45) is 0 Å². The SMILES string of the molecule is CCCCCCC(=O)CC(=O)OC(=O)C(F)=C(F)F. The molecule has 0 N–H and O–H groups in total. The number of carbonyl (C=O) groups excluding carboxylic acids is 3. The minimum atomic E-state index is -2.87. The predicted molar refractivity (Wildman–Crippen MR) is 59.8 cm³/mol. The maximum Gasteiger partial charge on any atom is 0.380 e. The van der Waals surface area contributed by atoms with Crippen molar-refractivity contribution in [2.75, 3.05) is 0 Å². The average Bonchev–Trinajstić information content (AvgIpc) is 2.33. The predicted octanol–water partition coefficient (Wildman–Crippen LogP) is 3.06. The Morgan fingerprint density at radius 2 is 1.63 bits per heavy atom. The Hall–Kier alpha value is -1.66. The van der Waals surface area contributed by atoms with Gasteiger partial charge in [-0.1, -0.05) is 26.2 Å². The molecule has 7 heteroatoms. The van der Waals surface area contributed by atoms with E-state index in [1.807, 2.05) is 6.92 Å². The molecule has 0 atom stereocenters. The zero-order chi connectivity index (χ0) is 14.8. The molecule has 0 aliphatic heterocycles. The van der Waals surface area contributed by atoms with E-state index in [9.17, 15) is 27.6 Å². The van der Waals surface area contributed by atoms with Crippen molar-refractivity contribution in [1.82, 2.24) is 0 Å². The molecule has 0 aliphatic carbocycles. The fraction of sp³-hybridized carbons (Fsp3) is 0.583. The lowest BCUT2D eigenvalue weighted by Crippen LogP contribution is -2.16. The van der Waals surface area contributed by atoms with Gasteiger partial charge in [0.2, 0.25) is 0 Å². The maximum atomic E-state index is 12.3. The van der Waals surface area contributed by atoms with E-state index in [1.54, 1.807) is 0 Å². The van der Waals surface area contributed by atoms with Gasteiger partial charge < -0.3 is 4.74 Å². The molecule has 4 nitrogen and oxygen atoms in total. The second kappa shape index (κ2) is 9.29. The van der Waals surface area contributed by atoms with Crippen molar-refractivity contribution in [1.29, 1.82) is 0 Å². The summed E-state index contributed by atoms with van der Waals surface area (Å²) in [4.78, 5) is 32.8. The number of hydrogen-bond donors (Lipinski definition) is 0. The van der Waals surface area contributed by atoms with Crippen LogP contribution >= 0.6 is 0 Å². The summed E-state index contributed by atoms with van der Waals surface area (Å²) in [6.45, 7) is 2.00. The van der Waals surface area contributed by atoms with Gasteiger partial charge in [-0.05, 0) is 6.42 Å². The Kier molecular flexibility index (Phi) is 8.48. The number of ether oxygens (including phenoxy) is 1. The largest absolute Gasteiger partial charge is 0.387 e. The van der Waals surface area contributed by atoms with Crippen LogP contribution in [0, 0.1) is 0 Å². The van der Waals surface area contributed by atoms with E-state index in [-0.39, 0.29) is 6.42 Å². The first kappa shape index (κ1) is 17.3. The number of ketones is 1. The zero-order valence-corrected chi connectivity index (χ0v) is 10.5. The molecule has 0 aromatic rings. The first-order chi connectivity index (χ1) is 8.88. The number of esters is 2. The molecule has 0 amide bonds. The smallest absolute Gasteiger partial charge is 0.380 e. The Balaban J connectivity index is 4.01. The second-order valence-electron chi connectivity index (χ2n) is 3.86. The fourth-order valence-electron chi connectivity index (χ4n) is 1.26. The highest BCUT2D eigenvalue weighted by Crippen LogP contribution is 2.11. The molecule has 108 valence electrons. The van der Waals surface area contributed by atoms with E-state index in [1.165, 1.54) is 0 Å². The molecule has 0 saturated heterocycles. The molecule has 0 saturated carbocycles. The minimum absolute atomic E-state index is 0.138. The summed E-state index contributed by atoms with van der Waals surface area (Å²) in [5, 5.41) is 0. The molecule has 19 heavy (non-hydrogen) atoms. The molecule has 0 bridgehead atoms. The average molecular weight is 280 g/mol. The fourth-order valence-corrected chi connectivity index (χ4v) is 1.26.